The van der Waals surface area contributed by atoms with Gasteiger partial charge >= 0.3 is 0 Å². The number of rotatable bonds is 5. The lowest BCUT2D eigenvalue weighted by Gasteiger charge is -2.42. The van der Waals surface area contributed by atoms with Gasteiger partial charge < -0.3 is 4.74 Å². The van der Waals surface area contributed by atoms with Crippen LogP contribution in [-0.4, -0.2) is 48.6 Å². The van der Waals surface area contributed by atoms with Crippen LogP contribution in [0.4, 0.5) is 0 Å². The molecule has 2 aromatic rings. The summed E-state index contributed by atoms with van der Waals surface area (Å²) in [7, 11) is -3.71. The number of amides is 2. The first-order valence-corrected chi connectivity index (χ1v) is 12.2. The molecular weight excluding hydrogens is 428 g/mol. The highest BCUT2D eigenvalue weighted by atomic mass is 32.2. The summed E-state index contributed by atoms with van der Waals surface area (Å²) in [5.74, 6) is 0.347. The number of carbonyl (C=O) groups is 2. The van der Waals surface area contributed by atoms with Gasteiger partial charge in [-0.2, -0.15) is 4.31 Å². The topological polar surface area (TPSA) is 84.0 Å². The third-order valence-electron chi connectivity index (χ3n) is 6.52. The maximum atomic E-state index is 13.0. The molecule has 0 bridgehead atoms. The van der Waals surface area contributed by atoms with Crippen molar-refractivity contribution in [3.8, 4) is 11.5 Å². The molecule has 8 heteroatoms. The van der Waals surface area contributed by atoms with Gasteiger partial charge in [0.05, 0.1) is 22.8 Å². The fourth-order valence-corrected chi connectivity index (χ4v) is 6.10. The lowest BCUT2D eigenvalue weighted by Crippen LogP contribution is -2.62. The van der Waals surface area contributed by atoms with Crippen LogP contribution in [0.2, 0.25) is 0 Å². The zero-order valence-corrected chi connectivity index (χ0v) is 18.5. The summed E-state index contributed by atoms with van der Waals surface area (Å²) in [4.78, 5) is 26.9. The highest BCUT2D eigenvalue weighted by molar-refractivity contribution is 7.89. The molecule has 2 aliphatic heterocycles. The number of likely N-dealkylation sites (tertiary alicyclic amines) is 1. The Kier molecular flexibility index (Phi) is 5.14. The smallest absolute Gasteiger partial charge is 0.243 e. The standard InChI is InChI=1S/C24H24N2O5S/c1-16-6-2-5-9-22(16)31-18-10-12-19(13-11-18)32(29,30)25-14-17(15-25)26-23(27)20-7-3-4-8-21(20)24(26)28/h2-6,9-13,17,20-21H,7-8,14-15H2,1H3. The van der Waals surface area contributed by atoms with Gasteiger partial charge in [-0.05, 0) is 55.7 Å². The number of hydrogen-bond donors (Lipinski definition) is 0. The van der Waals surface area contributed by atoms with Crippen LogP contribution in [0, 0.1) is 18.8 Å². The van der Waals surface area contributed by atoms with Crippen molar-refractivity contribution in [2.45, 2.75) is 30.7 Å². The minimum atomic E-state index is -3.71. The van der Waals surface area contributed by atoms with E-state index in [1.165, 1.54) is 21.3 Å². The number of imide groups is 1. The van der Waals surface area contributed by atoms with Crippen molar-refractivity contribution in [1.29, 1.82) is 0 Å². The Labute approximate surface area is 187 Å². The van der Waals surface area contributed by atoms with Crippen molar-refractivity contribution in [3.63, 3.8) is 0 Å². The number of ether oxygens (including phenoxy) is 1. The average Bonchev–Trinajstić information content (AvgIpc) is 3.00. The molecule has 0 spiro atoms. The van der Waals surface area contributed by atoms with E-state index in [1.54, 1.807) is 12.1 Å². The Morgan fingerprint density at radius 1 is 0.875 bits per heavy atom. The summed E-state index contributed by atoms with van der Waals surface area (Å²) < 4.78 is 33.2. The van der Waals surface area contributed by atoms with Crippen LogP contribution in [0.15, 0.2) is 65.6 Å². The average molecular weight is 453 g/mol. The molecule has 2 aromatic carbocycles. The molecule has 0 N–H and O–H groups in total. The van der Waals surface area contributed by atoms with E-state index >= 15 is 0 Å². The third kappa shape index (κ3) is 3.43. The molecule has 2 atom stereocenters. The number of carbonyl (C=O) groups excluding carboxylic acids is 2. The van der Waals surface area contributed by atoms with E-state index in [4.69, 9.17) is 4.74 Å². The molecular formula is C24H24N2O5S. The van der Waals surface area contributed by atoms with Gasteiger partial charge in [-0.25, -0.2) is 8.42 Å². The number of benzene rings is 2. The van der Waals surface area contributed by atoms with Gasteiger partial charge in [0.15, 0.2) is 0 Å². The van der Waals surface area contributed by atoms with E-state index in [1.807, 2.05) is 43.3 Å². The van der Waals surface area contributed by atoms with Crippen molar-refractivity contribution >= 4 is 21.8 Å². The fraction of sp³-hybridized carbons (Fsp3) is 0.333. The van der Waals surface area contributed by atoms with E-state index < -0.39 is 10.0 Å². The zero-order valence-electron chi connectivity index (χ0n) is 17.7. The molecule has 0 saturated carbocycles. The fourth-order valence-electron chi connectivity index (χ4n) is 4.59. The quantitative estimate of drug-likeness (QED) is 0.514. The minimum Gasteiger partial charge on any atom is -0.457 e. The molecule has 0 radical (unpaired) electrons. The molecule has 3 aliphatic rings. The van der Waals surface area contributed by atoms with E-state index in [9.17, 15) is 18.0 Å². The molecule has 2 amide bonds. The summed E-state index contributed by atoms with van der Waals surface area (Å²) in [6.45, 7) is 2.21. The summed E-state index contributed by atoms with van der Waals surface area (Å²) in [6, 6.07) is 13.5. The number of hydrogen-bond acceptors (Lipinski definition) is 5. The number of aryl methyl sites for hydroxylation is 1. The first kappa shape index (κ1) is 20.9. The van der Waals surface area contributed by atoms with Crippen LogP contribution in [0.25, 0.3) is 0 Å². The molecule has 166 valence electrons. The lowest BCUT2D eigenvalue weighted by molar-refractivity contribution is -0.145. The van der Waals surface area contributed by atoms with Gasteiger partial charge in [-0.3, -0.25) is 14.5 Å². The van der Waals surface area contributed by atoms with Gasteiger partial charge in [0.2, 0.25) is 21.8 Å². The number of fused-ring (bicyclic) bond motifs is 1. The van der Waals surface area contributed by atoms with Crippen LogP contribution in [-0.2, 0) is 19.6 Å². The van der Waals surface area contributed by atoms with Gasteiger partial charge in [0, 0.05) is 13.1 Å². The van der Waals surface area contributed by atoms with Crippen molar-refractivity contribution in [1.82, 2.24) is 9.21 Å². The molecule has 2 heterocycles. The maximum Gasteiger partial charge on any atom is 0.243 e. The van der Waals surface area contributed by atoms with E-state index in [2.05, 4.69) is 0 Å². The van der Waals surface area contributed by atoms with E-state index in [-0.39, 0.29) is 47.7 Å². The lowest BCUT2D eigenvalue weighted by atomic mass is 9.85. The SMILES string of the molecule is Cc1ccccc1Oc1ccc(S(=O)(=O)N2CC(N3C(=O)C4CC=CCC4C3=O)C2)cc1. The Morgan fingerprint density at radius 3 is 2.06 bits per heavy atom. The second-order valence-electron chi connectivity index (χ2n) is 8.52. The minimum absolute atomic E-state index is 0.133. The normalized spacial score (nSPS) is 23.8. The van der Waals surface area contributed by atoms with Crippen LogP contribution in [0.1, 0.15) is 18.4 Å². The molecule has 5 rings (SSSR count). The van der Waals surface area contributed by atoms with E-state index in [0.717, 1.165) is 5.56 Å². The predicted octanol–water partition coefficient (Wildman–Crippen LogP) is 3.11. The molecule has 32 heavy (non-hydrogen) atoms. The molecule has 7 nitrogen and oxygen atoms in total. The number of allylic oxidation sites excluding steroid dienone is 2. The number of sulfonamides is 1. The summed E-state index contributed by atoms with van der Waals surface area (Å²) in [6.07, 6.45) is 5.05. The van der Waals surface area contributed by atoms with Gasteiger partial charge in [0.1, 0.15) is 11.5 Å². The number of para-hydroxylation sites is 1. The Morgan fingerprint density at radius 2 is 1.47 bits per heavy atom. The predicted molar refractivity (Wildman–Crippen MR) is 117 cm³/mol. The van der Waals surface area contributed by atoms with Gasteiger partial charge in [-0.15, -0.1) is 0 Å². The first-order valence-electron chi connectivity index (χ1n) is 10.7. The molecule has 2 unspecified atom stereocenters. The van der Waals surface area contributed by atoms with Crippen LogP contribution < -0.4 is 4.74 Å². The van der Waals surface area contributed by atoms with Crippen LogP contribution in [0.3, 0.4) is 0 Å². The van der Waals surface area contributed by atoms with Crippen LogP contribution >= 0.6 is 0 Å². The monoisotopic (exact) mass is 452 g/mol. The Bertz CT molecular complexity index is 1170. The molecule has 2 saturated heterocycles. The summed E-state index contributed by atoms with van der Waals surface area (Å²) in [5, 5.41) is 0. The Balaban J connectivity index is 1.25. The maximum absolute atomic E-state index is 13.0. The highest BCUT2D eigenvalue weighted by Gasteiger charge is 2.53. The van der Waals surface area contributed by atoms with Crippen molar-refractivity contribution < 1.29 is 22.7 Å². The second kappa shape index (κ2) is 7.86. The first-order chi connectivity index (χ1) is 15.4. The molecule has 0 aromatic heterocycles. The number of nitrogens with zero attached hydrogens (tertiary/aromatic N) is 2. The Hall–Kier alpha value is -2.97. The second-order valence-corrected chi connectivity index (χ2v) is 10.5. The van der Waals surface area contributed by atoms with Gasteiger partial charge in [-0.1, -0.05) is 30.4 Å². The van der Waals surface area contributed by atoms with Crippen molar-refractivity contribution in [3.05, 3.63) is 66.2 Å². The molecule has 1 aliphatic carbocycles. The molecule has 2 fully saturated rings. The third-order valence-corrected chi connectivity index (χ3v) is 8.36. The van der Waals surface area contributed by atoms with Crippen molar-refractivity contribution in [2.75, 3.05) is 13.1 Å². The van der Waals surface area contributed by atoms with Gasteiger partial charge in [0.25, 0.3) is 0 Å². The van der Waals surface area contributed by atoms with Crippen molar-refractivity contribution in [2.24, 2.45) is 11.8 Å². The summed E-state index contributed by atoms with van der Waals surface area (Å²) in [5.41, 5.74) is 0.984. The van der Waals surface area contributed by atoms with Crippen LogP contribution in [0.5, 0.6) is 11.5 Å². The van der Waals surface area contributed by atoms with E-state index in [0.29, 0.717) is 24.3 Å². The summed E-state index contributed by atoms with van der Waals surface area (Å²) >= 11 is 0. The zero-order chi connectivity index (χ0) is 22.5. The highest BCUT2D eigenvalue weighted by Crippen LogP contribution is 2.38. The largest absolute Gasteiger partial charge is 0.457 e.